The molecule has 164 valence electrons. The summed E-state index contributed by atoms with van der Waals surface area (Å²) < 4.78 is 7.17. The van der Waals surface area contributed by atoms with Crippen molar-refractivity contribution in [2.24, 2.45) is 12.0 Å². The van der Waals surface area contributed by atoms with Gasteiger partial charge in [0.1, 0.15) is 12.4 Å². The van der Waals surface area contributed by atoms with Gasteiger partial charge in [0.25, 0.3) is 0 Å². The second-order valence-electron chi connectivity index (χ2n) is 8.43. The smallest absolute Gasteiger partial charge is 0.191 e. The van der Waals surface area contributed by atoms with Crippen molar-refractivity contribution >= 4 is 5.96 Å². The number of hydrogen-bond acceptors (Lipinski definition) is 5. The molecule has 3 rings (SSSR count). The largest absolute Gasteiger partial charge is 0.385 e. The molecule has 1 saturated heterocycles. The van der Waals surface area contributed by atoms with Crippen LogP contribution in [0.15, 0.2) is 4.99 Å². The molecule has 2 fully saturated rings. The van der Waals surface area contributed by atoms with Gasteiger partial charge in [0.05, 0.1) is 0 Å². The SMILES string of the molecule is COCCCNC(=NCc1nnc(C)n1C)NC1CCCN(C2CCCCC2)C1. The van der Waals surface area contributed by atoms with Crippen molar-refractivity contribution in [3.63, 3.8) is 0 Å². The zero-order valence-corrected chi connectivity index (χ0v) is 18.5. The lowest BCUT2D eigenvalue weighted by Gasteiger charge is -2.40. The summed E-state index contributed by atoms with van der Waals surface area (Å²) in [4.78, 5) is 7.53. The third-order valence-electron chi connectivity index (χ3n) is 6.26. The quantitative estimate of drug-likeness (QED) is 0.391. The second-order valence-corrected chi connectivity index (χ2v) is 8.43. The van der Waals surface area contributed by atoms with Gasteiger partial charge in [-0.2, -0.15) is 0 Å². The van der Waals surface area contributed by atoms with Crippen molar-refractivity contribution in [2.75, 3.05) is 33.4 Å². The van der Waals surface area contributed by atoms with E-state index in [0.29, 0.717) is 12.6 Å². The fraction of sp³-hybridized carbons (Fsp3) is 0.857. The first-order valence-corrected chi connectivity index (χ1v) is 11.3. The van der Waals surface area contributed by atoms with Crippen LogP contribution in [0.4, 0.5) is 0 Å². The summed E-state index contributed by atoms with van der Waals surface area (Å²) in [5, 5.41) is 15.5. The van der Waals surface area contributed by atoms with Crippen LogP contribution < -0.4 is 10.6 Å². The topological polar surface area (TPSA) is 79.6 Å². The molecule has 2 aliphatic rings. The zero-order chi connectivity index (χ0) is 20.5. The van der Waals surface area contributed by atoms with Gasteiger partial charge in [0, 0.05) is 45.9 Å². The van der Waals surface area contributed by atoms with Gasteiger partial charge in [-0.05, 0) is 45.6 Å². The van der Waals surface area contributed by atoms with Crippen LogP contribution in [0.2, 0.25) is 0 Å². The highest BCUT2D eigenvalue weighted by Gasteiger charge is 2.27. The molecule has 8 heteroatoms. The zero-order valence-electron chi connectivity index (χ0n) is 18.5. The molecule has 1 atom stereocenters. The van der Waals surface area contributed by atoms with E-state index in [9.17, 15) is 0 Å². The second kappa shape index (κ2) is 11.5. The van der Waals surface area contributed by atoms with Crippen molar-refractivity contribution in [2.45, 2.75) is 76.9 Å². The minimum absolute atomic E-state index is 0.445. The van der Waals surface area contributed by atoms with Crippen LogP contribution in [0, 0.1) is 6.92 Å². The Labute approximate surface area is 175 Å². The lowest BCUT2D eigenvalue weighted by molar-refractivity contribution is 0.115. The van der Waals surface area contributed by atoms with Crippen molar-refractivity contribution in [1.29, 1.82) is 0 Å². The molecule has 2 N–H and O–H groups in total. The number of nitrogens with zero attached hydrogens (tertiary/aromatic N) is 5. The predicted octanol–water partition coefficient (Wildman–Crippen LogP) is 1.99. The minimum Gasteiger partial charge on any atom is -0.385 e. The number of nitrogens with one attached hydrogen (secondary N) is 2. The van der Waals surface area contributed by atoms with Gasteiger partial charge in [-0.3, -0.25) is 4.90 Å². The van der Waals surface area contributed by atoms with Crippen molar-refractivity contribution in [3.05, 3.63) is 11.6 Å². The lowest BCUT2D eigenvalue weighted by Crippen LogP contribution is -2.53. The van der Waals surface area contributed by atoms with Crippen LogP contribution in [0.3, 0.4) is 0 Å². The maximum absolute atomic E-state index is 5.17. The van der Waals surface area contributed by atoms with E-state index < -0.39 is 0 Å². The number of aryl methyl sites for hydroxylation is 1. The summed E-state index contributed by atoms with van der Waals surface area (Å²) >= 11 is 0. The monoisotopic (exact) mass is 405 g/mol. The first-order chi connectivity index (χ1) is 14.2. The van der Waals surface area contributed by atoms with Gasteiger partial charge >= 0.3 is 0 Å². The Kier molecular flexibility index (Phi) is 8.73. The molecule has 0 spiro atoms. The molecule has 1 aliphatic carbocycles. The standard InChI is InChI=1S/C21H39N7O/c1-17-25-26-20(27(17)2)15-23-21(22-12-8-14-29-3)24-18-9-7-13-28(16-18)19-10-5-4-6-11-19/h18-19H,4-16H2,1-3H3,(H2,22,23,24). The molecular formula is C21H39N7O. The Morgan fingerprint density at radius 1 is 1.17 bits per heavy atom. The van der Waals surface area contributed by atoms with E-state index in [1.54, 1.807) is 7.11 Å². The fourth-order valence-corrected chi connectivity index (χ4v) is 4.41. The number of methoxy groups -OCH3 is 1. The molecule has 29 heavy (non-hydrogen) atoms. The first-order valence-electron chi connectivity index (χ1n) is 11.3. The summed E-state index contributed by atoms with van der Waals surface area (Å²) in [6.07, 6.45) is 10.4. The number of aliphatic imine (C=N–C) groups is 1. The molecule has 0 radical (unpaired) electrons. The molecule has 8 nitrogen and oxygen atoms in total. The van der Waals surface area contributed by atoms with E-state index in [0.717, 1.165) is 49.8 Å². The predicted molar refractivity (Wildman–Crippen MR) is 116 cm³/mol. The van der Waals surface area contributed by atoms with Crippen LogP contribution in [-0.2, 0) is 18.3 Å². The van der Waals surface area contributed by atoms with Gasteiger partial charge in [-0.15, -0.1) is 10.2 Å². The molecule has 0 aromatic carbocycles. The van der Waals surface area contributed by atoms with E-state index in [1.165, 1.54) is 51.5 Å². The maximum Gasteiger partial charge on any atom is 0.191 e. The van der Waals surface area contributed by atoms with E-state index in [1.807, 2.05) is 18.5 Å². The number of rotatable bonds is 8. The summed E-state index contributed by atoms with van der Waals surface area (Å²) in [5.74, 6) is 2.67. The van der Waals surface area contributed by atoms with Crippen molar-refractivity contribution in [3.8, 4) is 0 Å². The summed E-state index contributed by atoms with van der Waals surface area (Å²) in [6, 6.07) is 1.23. The van der Waals surface area contributed by atoms with Gasteiger partial charge in [0.15, 0.2) is 11.8 Å². The van der Waals surface area contributed by atoms with Gasteiger partial charge in [-0.25, -0.2) is 4.99 Å². The fourth-order valence-electron chi connectivity index (χ4n) is 4.41. The van der Waals surface area contributed by atoms with Gasteiger partial charge in [-0.1, -0.05) is 19.3 Å². The van der Waals surface area contributed by atoms with Gasteiger partial charge < -0.3 is 19.9 Å². The number of piperidine rings is 1. The third kappa shape index (κ3) is 6.67. The van der Waals surface area contributed by atoms with E-state index in [2.05, 4.69) is 25.7 Å². The highest BCUT2D eigenvalue weighted by molar-refractivity contribution is 5.80. The Hall–Kier alpha value is -1.67. The molecule has 0 amide bonds. The van der Waals surface area contributed by atoms with Crippen molar-refractivity contribution in [1.82, 2.24) is 30.3 Å². The number of likely N-dealkylation sites (tertiary alicyclic amines) is 1. The highest BCUT2D eigenvalue weighted by Crippen LogP contribution is 2.25. The van der Waals surface area contributed by atoms with E-state index >= 15 is 0 Å². The van der Waals surface area contributed by atoms with Crippen LogP contribution >= 0.6 is 0 Å². The normalized spacial score (nSPS) is 22.0. The summed E-state index contributed by atoms with van der Waals surface area (Å²) in [7, 11) is 3.73. The number of ether oxygens (including phenoxy) is 1. The first kappa shape index (κ1) is 22.0. The average molecular weight is 406 g/mol. The summed E-state index contributed by atoms with van der Waals surface area (Å²) in [5.41, 5.74) is 0. The summed E-state index contributed by atoms with van der Waals surface area (Å²) in [6.45, 7) is 6.44. The maximum atomic E-state index is 5.17. The molecule has 1 aromatic heterocycles. The molecular weight excluding hydrogens is 366 g/mol. The van der Waals surface area contributed by atoms with E-state index in [-0.39, 0.29) is 0 Å². The molecule has 1 saturated carbocycles. The molecule has 1 unspecified atom stereocenters. The Bertz CT molecular complexity index is 639. The van der Waals surface area contributed by atoms with Crippen LogP contribution in [0.5, 0.6) is 0 Å². The Morgan fingerprint density at radius 3 is 2.72 bits per heavy atom. The molecule has 1 aromatic rings. The third-order valence-corrected chi connectivity index (χ3v) is 6.26. The molecule has 1 aliphatic heterocycles. The number of hydrogen-bond donors (Lipinski definition) is 2. The highest BCUT2D eigenvalue weighted by atomic mass is 16.5. The Morgan fingerprint density at radius 2 is 2.00 bits per heavy atom. The van der Waals surface area contributed by atoms with Gasteiger partial charge in [0.2, 0.25) is 0 Å². The van der Waals surface area contributed by atoms with Crippen LogP contribution in [0.25, 0.3) is 0 Å². The van der Waals surface area contributed by atoms with Crippen LogP contribution in [0.1, 0.15) is 63.0 Å². The molecule has 0 bridgehead atoms. The molecule has 2 heterocycles. The number of guanidine groups is 1. The number of aromatic nitrogens is 3. The van der Waals surface area contributed by atoms with E-state index in [4.69, 9.17) is 9.73 Å². The average Bonchev–Trinajstić information content (AvgIpc) is 3.08. The van der Waals surface area contributed by atoms with Crippen molar-refractivity contribution < 1.29 is 4.74 Å². The lowest BCUT2D eigenvalue weighted by atomic mass is 9.92. The van der Waals surface area contributed by atoms with Crippen LogP contribution in [-0.4, -0.2) is 71.1 Å². The minimum atomic E-state index is 0.445. The Balaban J connectivity index is 1.58.